The van der Waals surface area contributed by atoms with E-state index in [1.165, 1.54) is 6.07 Å². The summed E-state index contributed by atoms with van der Waals surface area (Å²) in [6.07, 6.45) is 0. The van der Waals surface area contributed by atoms with E-state index in [9.17, 15) is 14.9 Å². The molecule has 0 saturated carbocycles. The van der Waals surface area contributed by atoms with Gasteiger partial charge in [-0.15, -0.1) is 0 Å². The highest BCUT2D eigenvalue weighted by Gasteiger charge is 2.20. The van der Waals surface area contributed by atoms with Gasteiger partial charge in [-0.2, -0.15) is 0 Å². The summed E-state index contributed by atoms with van der Waals surface area (Å²) in [5, 5.41) is 21.3. The topological polar surface area (TPSA) is 103 Å². The molecule has 0 radical (unpaired) electrons. The number of halogens is 1. The smallest absolute Gasteiger partial charge is 0.342 e. The molecular weight excluding hydrogens is 336 g/mol. The van der Waals surface area contributed by atoms with Crippen LogP contribution in [0.2, 0.25) is 5.02 Å². The van der Waals surface area contributed by atoms with Crippen LogP contribution in [0, 0.1) is 10.1 Å². The third-order valence-electron chi connectivity index (χ3n) is 3.24. The van der Waals surface area contributed by atoms with Crippen molar-refractivity contribution in [1.29, 1.82) is 0 Å². The Morgan fingerprint density at radius 2 is 1.96 bits per heavy atom. The number of aromatic nitrogens is 1. The first-order valence-corrected chi connectivity index (χ1v) is 7.08. The zero-order valence-electron chi connectivity index (χ0n) is 12.0. The van der Waals surface area contributed by atoms with Crippen molar-refractivity contribution in [2.75, 3.05) is 0 Å². The Balaban J connectivity index is 1.96. The molecule has 0 bridgehead atoms. The van der Waals surface area contributed by atoms with Gasteiger partial charge in [0.2, 0.25) is 5.88 Å². The second kappa shape index (κ2) is 6.13. The SMILES string of the molecule is O=C(O)c1cc(Oc2ccc3cc(Cl)ccc3n2)ccc1[N+](=O)[O-]. The number of ether oxygens (including phenoxy) is 1. The Morgan fingerprint density at radius 3 is 2.67 bits per heavy atom. The molecule has 0 atom stereocenters. The average molecular weight is 345 g/mol. The van der Waals surface area contributed by atoms with Crippen LogP contribution in [-0.4, -0.2) is 21.0 Å². The number of nitrogens with zero attached hydrogens (tertiary/aromatic N) is 2. The Labute approximate surface area is 140 Å². The number of rotatable bonds is 4. The minimum atomic E-state index is -1.41. The highest BCUT2D eigenvalue weighted by molar-refractivity contribution is 6.31. The van der Waals surface area contributed by atoms with E-state index >= 15 is 0 Å². The van der Waals surface area contributed by atoms with Gasteiger partial charge in [-0.3, -0.25) is 10.1 Å². The van der Waals surface area contributed by atoms with E-state index in [-0.39, 0.29) is 11.6 Å². The summed E-state index contributed by atoms with van der Waals surface area (Å²) in [5.41, 5.74) is -0.307. The van der Waals surface area contributed by atoms with E-state index < -0.39 is 22.1 Å². The maximum atomic E-state index is 11.1. The highest BCUT2D eigenvalue weighted by atomic mass is 35.5. The molecule has 8 heteroatoms. The highest BCUT2D eigenvalue weighted by Crippen LogP contribution is 2.28. The number of nitro groups is 1. The monoisotopic (exact) mass is 344 g/mol. The van der Waals surface area contributed by atoms with Gasteiger partial charge in [0.25, 0.3) is 5.69 Å². The lowest BCUT2D eigenvalue weighted by atomic mass is 10.1. The first-order valence-electron chi connectivity index (χ1n) is 6.70. The summed E-state index contributed by atoms with van der Waals surface area (Å²) in [4.78, 5) is 25.5. The third kappa shape index (κ3) is 3.11. The number of hydrogen-bond donors (Lipinski definition) is 1. The van der Waals surface area contributed by atoms with E-state index in [0.29, 0.717) is 10.5 Å². The fourth-order valence-electron chi connectivity index (χ4n) is 2.16. The van der Waals surface area contributed by atoms with Crippen molar-refractivity contribution in [1.82, 2.24) is 4.98 Å². The van der Waals surface area contributed by atoms with Crippen LogP contribution in [0.4, 0.5) is 5.69 Å². The Kier molecular flexibility index (Phi) is 4.01. The third-order valence-corrected chi connectivity index (χ3v) is 3.48. The molecule has 0 spiro atoms. The largest absolute Gasteiger partial charge is 0.477 e. The van der Waals surface area contributed by atoms with Gasteiger partial charge in [-0.25, -0.2) is 9.78 Å². The van der Waals surface area contributed by atoms with Gasteiger partial charge in [0, 0.05) is 28.6 Å². The zero-order chi connectivity index (χ0) is 17.3. The standard InChI is InChI=1S/C16H9ClN2O5/c17-10-2-4-13-9(7-10)1-6-15(18-13)24-11-3-5-14(19(22)23)12(8-11)16(20)21/h1-8H,(H,20,21). The molecule has 1 heterocycles. The number of hydrogen-bond acceptors (Lipinski definition) is 5. The summed E-state index contributed by atoms with van der Waals surface area (Å²) in [7, 11) is 0. The van der Waals surface area contributed by atoms with Crippen molar-refractivity contribution in [2.45, 2.75) is 0 Å². The van der Waals surface area contributed by atoms with Crippen LogP contribution in [0.15, 0.2) is 48.5 Å². The molecular formula is C16H9ClN2O5. The number of carbonyl (C=O) groups is 1. The van der Waals surface area contributed by atoms with Gasteiger partial charge in [-0.1, -0.05) is 11.6 Å². The van der Waals surface area contributed by atoms with Gasteiger partial charge in [0.05, 0.1) is 10.4 Å². The molecule has 1 aromatic heterocycles. The summed E-state index contributed by atoms with van der Waals surface area (Å²) < 4.78 is 5.51. The predicted octanol–water partition coefficient (Wildman–Crippen LogP) is 4.29. The van der Waals surface area contributed by atoms with Gasteiger partial charge >= 0.3 is 5.97 Å². The number of fused-ring (bicyclic) bond motifs is 1. The normalized spacial score (nSPS) is 10.5. The van der Waals surface area contributed by atoms with Crippen molar-refractivity contribution >= 4 is 34.2 Å². The molecule has 3 rings (SSSR count). The van der Waals surface area contributed by atoms with Crippen molar-refractivity contribution in [3.63, 3.8) is 0 Å². The number of pyridine rings is 1. The zero-order valence-corrected chi connectivity index (χ0v) is 12.7. The molecule has 0 aliphatic carbocycles. The van der Waals surface area contributed by atoms with Crippen LogP contribution < -0.4 is 4.74 Å². The minimum absolute atomic E-state index is 0.138. The lowest BCUT2D eigenvalue weighted by Gasteiger charge is -2.07. The summed E-state index contributed by atoms with van der Waals surface area (Å²) in [6.45, 7) is 0. The second-order valence-electron chi connectivity index (χ2n) is 4.83. The van der Waals surface area contributed by atoms with Crippen LogP contribution in [0.1, 0.15) is 10.4 Å². The number of nitro benzene ring substituents is 1. The fraction of sp³-hybridized carbons (Fsp3) is 0. The Morgan fingerprint density at radius 1 is 1.17 bits per heavy atom. The summed E-state index contributed by atoms with van der Waals surface area (Å²) >= 11 is 5.91. The lowest BCUT2D eigenvalue weighted by molar-refractivity contribution is -0.385. The van der Waals surface area contributed by atoms with Crippen LogP contribution in [0.3, 0.4) is 0 Å². The Hall–Kier alpha value is -3.19. The van der Waals surface area contributed by atoms with Crippen LogP contribution >= 0.6 is 11.6 Å². The molecule has 120 valence electrons. The van der Waals surface area contributed by atoms with Crippen LogP contribution in [-0.2, 0) is 0 Å². The molecule has 24 heavy (non-hydrogen) atoms. The molecule has 3 aromatic rings. The van der Waals surface area contributed by atoms with Crippen molar-refractivity contribution < 1.29 is 19.6 Å². The molecule has 0 aliphatic rings. The fourth-order valence-corrected chi connectivity index (χ4v) is 2.35. The van der Waals surface area contributed by atoms with E-state index in [2.05, 4.69) is 4.98 Å². The molecule has 0 aliphatic heterocycles. The summed E-state index contributed by atoms with van der Waals surface area (Å²) in [5.74, 6) is -1.04. The van der Waals surface area contributed by atoms with E-state index in [0.717, 1.165) is 17.5 Å². The van der Waals surface area contributed by atoms with Gasteiger partial charge < -0.3 is 9.84 Å². The Bertz CT molecular complexity index is 974. The number of aromatic carboxylic acids is 1. The van der Waals surface area contributed by atoms with E-state index in [1.54, 1.807) is 30.3 Å². The van der Waals surface area contributed by atoms with Crippen molar-refractivity contribution in [2.24, 2.45) is 0 Å². The first kappa shape index (κ1) is 15.7. The van der Waals surface area contributed by atoms with Crippen LogP contribution in [0.25, 0.3) is 10.9 Å². The molecule has 0 fully saturated rings. The van der Waals surface area contributed by atoms with Gasteiger partial charge in [-0.05, 0) is 30.3 Å². The maximum Gasteiger partial charge on any atom is 0.342 e. The predicted molar refractivity (Wildman–Crippen MR) is 86.9 cm³/mol. The van der Waals surface area contributed by atoms with Crippen molar-refractivity contribution in [3.05, 3.63) is 69.2 Å². The van der Waals surface area contributed by atoms with E-state index in [1.807, 2.05) is 0 Å². The number of carboxylic acid groups (broad SMARTS) is 1. The van der Waals surface area contributed by atoms with Gasteiger partial charge in [0.1, 0.15) is 11.3 Å². The molecule has 0 unspecified atom stereocenters. The maximum absolute atomic E-state index is 11.1. The average Bonchev–Trinajstić information content (AvgIpc) is 2.54. The van der Waals surface area contributed by atoms with Crippen LogP contribution in [0.5, 0.6) is 11.6 Å². The molecule has 1 N–H and O–H groups in total. The molecule has 0 saturated heterocycles. The molecule has 7 nitrogen and oxygen atoms in total. The minimum Gasteiger partial charge on any atom is -0.477 e. The van der Waals surface area contributed by atoms with E-state index in [4.69, 9.17) is 21.4 Å². The molecule has 2 aromatic carbocycles. The van der Waals surface area contributed by atoms with Crippen molar-refractivity contribution in [3.8, 4) is 11.6 Å². The van der Waals surface area contributed by atoms with Gasteiger partial charge in [0.15, 0.2) is 0 Å². The number of carboxylic acids is 1. The molecule has 0 amide bonds. The first-order chi connectivity index (χ1) is 11.4. The quantitative estimate of drug-likeness (QED) is 0.559. The lowest BCUT2D eigenvalue weighted by Crippen LogP contribution is -2.03. The summed E-state index contributed by atoms with van der Waals surface area (Å²) in [6, 6.07) is 12.0. The number of benzene rings is 2. The second-order valence-corrected chi connectivity index (χ2v) is 5.27.